The summed E-state index contributed by atoms with van der Waals surface area (Å²) in [5, 5.41) is 0.826. The number of sulfonamides is 1. The summed E-state index contributed by atoms with van der Waals surface area (Å²) in [6.07, 6.45) is 1.33. The number of pyridine rings is 1. The fraction of sp³-hybridized carbons (Fsp3) is 0.320. The molecule has 0 aliphatic carbocycles. The molecule has 1 saturated heterocycles. The predicted octanol–water partition coefficient (Wildman–Crippen LogP) is 1.97. The van der Waals surface area contributed by atoms with Crippen LogP contribution in [0.15, 0.2) is 52.2 Å². The molecule has 1 aliphatic rings. The van der Waals surface area contributed by atoms with E-state index >= 15 is 0 Å². The van der Waals surface area contributed by atoms with Gasteiger partial charge in [-0.1, -0.05) is 6.07 Å². The van der Waals surface area contributed by atoms with E-state index in [-0.39, 0.29) is 28.2 Å². The van der Waals surface area contributed by atoms with Crippen LogP contribution in [0.25, 0.3) is 10.9 Å². The minimum atomic E-state index is -3.78. The number of amides is 1. The Morgan fingerprint density at radius 1 is 1.14 bits per heavy atom. The Bertz CT molecular complexity index is 1490. The van der Waals surface area contributed by atoms with E-state index in [0.717, 1.165) is 27.2 Å². The highest BCUT2D eigenvalue weighted by molar-refractivity contribution is 7.89. The lowest BCUT2D eigenvalue weighted by atomic mass is 9.98. The smallest absolute Gasteiger partial charge is 0.248 e. The van der Waals surface area contributed by atoms with Crippen molar-refractivity contribution >= 4 is 38.3 Å². The van der Waals surface area contributed by atoms with Crippen LogP contribution in [0, 0.1) is 6.92 Å². The molecule has 0 spiro atoms. The number of nitrogens with zero attached hydrogens (tertiary/aromatic N) is 2. The standard InChI is InChI=1S/C25H28N4O5S/c1-15-11-24(31)27-20-8-6-16(12-18(15)20)13-23(30)19-14-17(35(33,34)28(2)3)7-9-21(19)29-10-4-5-22(29)25(26)32/h6-9,11-12,14,22H,4-5,10,13H2,1-3H3,(H2,26,32)(H,27,31). The summed E-state index contributed by atoms with van der Waals surface area (Å²) in [5.41, 5.74) is 8.30. The molecule has 1 unspecified atom stereocenters. The molecule has 184 valence electrons. The van der Waals surface area contributed by atoms with Crippen molar-refractivity contribution in [3.05, 3.63) is 69.5 Å². The number of hydrogen-bond acceptors (Lipinski definition) is 6. The van der Waals surface area contributed by atoms with Crippen molar-refractivity contribution in [3.8, 4) is 0 Å². The van der Waals surface area contributed by atoms with Crippen molar-refractivity contribution in [1.82, 2.24) is 9.29 Å². The van der Waals surface area contributed by atoms with E-state index < -0.39 is 22.0 Å². The normalized spacial score (nSPS) is 16.2. The molecule has 0 radical (unpaired) electrons. The Labute approximate surface area is 203 Å². The SMILES string of the molecule is Cc1cc(=O)[nH]c2ccc(CC(=O)c3cc(S(=O)(=O)N(C)C)ccc3N3CCCC3C(N)=O)cc12. The topological polar surface area (TPSA) is 134 Å². The fourth-order valence-electron chi connectivity index (χ4n) is 4.57. The minimum Gasteiger partial charge on any atom is -0.368 e. The highest BCUT2D eigenvalue weighted by Crippen LogP contribution is 2.32. The molecule has 1 atom stereocenters. The van der Waals surface area contributed by atoms with E-state index in [1.807, 2.05) is 13.0 Å². The van der Waals surface area contributed by atoms with Gasteiger partial charge in [0.15, 0.2) is 5.78 Å². The number of hydrogen-bond donors (Lipinski definition) is 2. The molecule has 9 nitrogen and oxygen atoms in total. The molecule has 2 heterocycles. The average molecular weight is 497 g/mol. The van der Waals surface area contributed by atoms with Crippen molar-refractivity contribution in [3.63, 3.8) is 0 Å². The molecule has 0 saturated carbocycles. The first-order chi connectivity index (χ1) is 16.5. The zero-order valence-corrected chi connectivity index (χ0v) is 20.7. The van der Waals surface area contributed by atoms with Gasteiger partial charge in [-0.25, -0.2) is 12.7 Å². The first-order valence-corrected chi connectivity index (χ1v) is 12.7. The van der Waals surface area contributed by atoms with Gasteiger partial charge in [-0.05, 0) is 61.2 Å². The number of ketones is 1. The summed E-state index contributed by atoms with van der Waals surface area (Å²) in [6, 6.07) is 10.7. The second-order valence-corrected chi connectivity index (χ2v) is 11.2. The Kier molecular flexibility index (Phi) is 6.52. The summed E-state index contributed by atoms with van der Waals surface area (Å²) in [4.78, 5) is 41.9. The fourth-order valence-corrected chi connectivity index (χ4v) is 5.50. The highest BCUT2D eigenvalue weighted by Gasteiger charge is 2.32. The number of rotatable bonds is 7. The number of aryl methyl sites for hydroxylation is 1. The van der Waals surface area contributed by atoms with Gasteiger partial charge in [0, 0.05) is 55.3 Å². The number of fused-ring (bicyclic) bond motifs is 1. The number of nitrogens with two attached hydrogens (primary N) is 1. The summed E-state index contributed by atoms with van der Waals surface area (Å²) < 4.78 is 26.6. The second kappa shape index (κ2) is 9.27. The number of H-pyrrole nitrogens is 1. The van der Waals surface area contributed by atoms with Crippen molar-refractivity contribution in [1.29, 1.82) is 0 Å². The maximum atomic E-state index is 13.6. The van der Waals surface area contributed by atoms with Crippen LogP contribution in [0.2, 0.25) is 0 Å². The number of carbonyl (C=O) groups is 2. The van der Waals surface area contributed by atoms with Crippen LogP contribution in [0.5, 0.6) is 0 Å². The Morgan fingerprint density at radius 2 is 1.89 bits per heavy atom. The van der Waals surface area contributed by atoms with Crippen LogP contribution in [0.3, 0.4) is 0 Å². The number of anilines is 1. The van der Waals surface area contributed by atoms with E-state index in [1.165, 1.54) is 32.3 Å². The van der Waals surface area contributed by atoms with E-state index in [0.29, 0.717) is 24.2 Å². The zero-order valence-electron chi connectivity index (χ0n) is 19.9. The van der Waals surface area contributed by atoms with Gasteiger partial charge >= 0.3 is 0 Å². The van der Waals surface area contributed by atoms with E-state index in [1.54, 1.807) is 23.1 Å². The first-order valence-electron chi connectivity index (χ1n) is 11.3. The molecule has 0 bridgehead atoms. The lowest BCUT2D eigenvalue weighted by molar-refractivity contribution is -0.119. The van der Waals surface area contributed by atoms with Gasteiger partial charge in [0.1, 0.15) is 6.04 Å². The molecular formula is C25H28N4O5S. The molecule has 1 amide bonds. The summed E-state index contributed by atoms with van der Waals surface area (Å²) in [5.74, 6) is -0.766. The molecule has 3 N–H and O–H groups in total. The van der Waals surface area contributed by atoms with Gasteiger partial charge in [0.05, 0.1) is 4.90 Å². The van der Waals surface area contributed by atoms with Crippen molar-refractivity contribution in [2.24, 2.45) is 5.73 Å². The van der Waals surface area contributed by atoms with Crippen LogP contribution in [0.1, 0.15) is 34.3 Å². The van der Waals surface area contributed by atoms with Crippen LogP contribution in [-0.4, -0.2) is 56.1 Å². The van der Waals surface area contributed by atoms with Gasteiger partial charge in [-0.15, -0.1) is 0 Å². The van der Waals surface area contributed by atoms with Crippen molar-refractivity contribution in [2.75, 3.05) is 25.5 Å². The van der Waals surface area contributed by atoms with Gasteiger partial charge in [-0.3, -0.25) is 14.4 Å². The molecular weight excluding hydrogens is 468 g/mol. The molecule has 35 heavy (non-hydrogen) atoms. The van der Waals surface area contributed by atoms with Gasteiger partial charge in [0.25, 0.3) is 0 Å². The molecule has 4 rings (SSSR count). The van der Waals surface area contributed by atoms with E-state index in [9.17, 15) is 22.8 Å². The average Bonchev–Trinajstić information content (AvgIpc) is 3.29. The number of primary amides is 1. The maximum Gasteiger partial charge on any atom is 0.248 e. The first kappa shape index (κ1) is 24.6. The molecule has 10 heteroatoms. The molecule has 3 aromatic rings. The third kappa shape index (κ3) is 4.71. The minimum absolute atomic E-state index is 0.00338. The second-order valence-electron chi connectivity index (χ2n) is 9.02. The summed E-state index contributed by atoms with van der Waals surface area (Å²) in [6.45, 7) is 2.37. The highest BCUT2D eigenvalue weighted by atomic mass is 32.2. The lowest BCUT2D eigenvalue weighted by Gasteiger charge is -2.27. The number of aromatic nitrogens is 1. The number of benzene rings is 2. The van der Waals surface area contributed by atoms with Crippen LogP contribution >= 0.6 is 0 Å². The van der Waals surface area contributed by atoms with Crippen LogP contribution in [-0.2, 0) is 21.2 Å². The van der Waals surface area contributed by atoms with Gasteiger partial charge in [0.2, 0.25) is 21.5 Å². The monoisotopic (exact) mass is 496 g/mol. The largest absolute Gasteiger partial charge is 0.368 e. The third-order valence-electron chi connectivity index (χ3n) is 6.42. The van der Waals surface area contributed by atoms with Crippen LogP contribution in [0.4, 0.5) is 5.69 Å². The molecule has 2 aromatic carbocycles. The Hall–Kier alpha value is -3.50. The maximum absolute atomic E-state index is 13.6. The zero-order chi connectivity index (χ0) is 25.5. The summed E-state index contributed by atoms with van der Waals surface area (Å²) >= 11 is 0. The number of nitrogens with one attached hydrogen (secondary N) is 1. The molecule has 1 fully saturated rings. The predicted molar refractivity (Wildman–Crippen MR) is 134 cm³/mol. The Balaban J connectivity index is 1.78. The van der Waals surface area contributed by atoms with E-state index in [4.69, 9.17) is 5.73 Å². The number of Topliss-reactive ketones (excluding diaryl/α,β-unsaturated/α-hetero) is 1. The summed E-state index contributed by atoms with van der Waals surface area (Å²) in [7, 11) is -0.924. The molecule has 1 aromatic heterocycles. The number of carbonyl (C=O) groups excluding carboxylic acids is 2. The van der Waals surface area contributed by atoms with Crippen LogP contribution < -0.4 is 16.2 Å². The third-order valence-corrected chi connectivity index (χ3v) is 8.23. The van der Waals surface area contributed by atoms with Crippen molar-refractivity contribution in [2.45, 2.75) is 37.1 Å². The number of aromatic amines is 1. The van der Waals surface area contributed by atoms with E-state index in [2.05, 4.69) is 4.98 Å². The Morgan fingerprint density at radius 3 is 2.57 bits per heavy atom. The van der Waals surface area contributed by atoms with Crippen molar-refractivity contribution < 1.29 is 18.0 Å². The van der Waals surface area contributed by atoms with Gasteiger partial charge < -0.3 is 15.6 Å². The molecule has 1 aliphatic heterocycles. The quantitative estimate of drug-likeness (QED) is 0.481. The van der Waals surface area contributed by atoms with Gasteiger partial charge in [-0.2, -0.15) is 0 Å². The lowest BCUT2D eigenvalue weighted by Crippen LogP contribution is -2.41.